The van der Waals surface area contributed by atoms with Crippen molar-refractivity contribution in [2.45, 2.75) is 13.0 Å². The van der Waals surface area contributed by atoms with Crippen molar-refractivity contribution in [3.63, 3.8) is 0 Å². The second-order valence-electron chi connectivity index (χ2n) is 3.21. The standard InChI is InChI=1S/C11H15NO3/c1-8(13)9-4-3-5-10(6-9)15-7-11(14)12-2/h3-6,8,13H,7H2,1-2H3,(H,12,14)/t8-/m1/s1. The molecule has 15 heavy (non-hydrogen) atoms. The Kier molecular flexibility index (Phi) is 4.12. The number of carbonyl (C=O) groups is 1. The highest BCUT2D eigenvalue weighted by molar-refractivity contribution is 5.77. The van der Waals surface area contributed by atoms with Crippen LogP contribution in [0.2, 0.25) is 0 Å². The molecule has 0 unspecified atom stereocenters. The van der Waals surface area contributed by atoms with Gasteiger partial charge in [0.15, 0.2) is 6.61 Å². The number of benzene rings is 1. The molecule has 0 aliphatic rings. The molecule has 4 heteroatoms. The van der Waals surface area contributed by atoms with Crippen LogP contribution in [0.1, 0.15) is 18.6 Å². The highest BCUT2D eigenvalue weighted by Gasteiger charge is 2.03. The van der Waals surface area contributed by atoms with Gasteiger partial charge in [-0.05, 0) is 24.6 Å². The van der Waals surface area contributed by atoms with Crippen molar-refractivity contribution in [1.82, 2.24) is 5.32 Å². The van der Waals surface area contributed by atoms with Gasteiger partial charge in [-0.3, -0.25) is 4.79 Å². The fourth-order valence-corrected chi connectivity index (χ4v) is 1.09. The molecule has 0 aromatic heterocycles. The van der Waals surface area contributed by atoms with E-state index in [1.807, 2.05) is 0 Å². The van der Waals surface area contributed by atoms with Gasteiger partial charge in [-0.25, -0.2) is 0 Å². The maximum absolute atomic E-state index is 10.9. The van der Waals surface area contributed by atoms with Gasteiger partial charge in [0.2, 0.25) is 0 Å². The van der Waals surface area contributed by atoms with Crippen molar-refractivity contribution in [2.75, 3.05) is 13.7 Å². The Labute approximate surface area is 88.9 Å². The van der Waals surface area contributed by atoms with Gasteiger partial charge in [-0.1, -0.05) is 12.1 Å². The van der Waals surface area contributed by atoms with Gasteiger partial charge in [0.25, 0.3) is 5.91 Å². The topological polar surface area (TPSA) is 58.6 Å². The highest BCUT2D eigenvalue weighted by Crippen LogP contribution is 2.18. The molecular weight excluding hydrogens is 194 g/mol. The summed E-state index contributed by atoms with van der Waals surface area (Å²) in [5.74, 6) is 0.398. The molecule has 0 saturated carbocycles. The molecule has 0 spiro atoms. The zero-order chi connectivity index (χ0) is 11.3. The zero-order valence-corrected chi connectivity index (χ0v) is 8.86. The van der Waals surface area contributed by atoms with Crippen molar-refractivity contribution < 1.29 is 14.6 Å². The Bertz CT molecular complexity index is 336. The van der Waals surface area contributed by atoms with E-state index in [2.05, 4.69) is 5.32 Å². The van der Waals surface area contributed by atoms with Crippen LogP contribution in [0.4, 0.5) is 0 Å². The molecule has 1 aromatic carbocycles. The molecule has 0 radical (unpaired) electrons. The minimum absolute atomic E-state index is 0.0141. The molecular formula is C11H15NO3. The molecule has 0 bridgehead atoms. The largest absolute Gasteiger partial charge is 0.484 e. The summed E-state index contributed by atoms with van der Waals surface area (Å²) in [7, 11) is 1.55. The Morgan fingerprint density at radius 2 is 2.33 bits per heavy atom. The van der Waals surface area contributed by atoms with Crippen molar-refractivity contribution >= 4 is 5.91 Å². The highest BCUT2D eigenvalue weighted by atomic mass is 16.5. The van der Waals surface area contributed by atoms with E-state index in [9.17, 15) is 9.90 Å². The third-order valence-corrected chi connectivity index (χ3v) is 1.99. The lowest BCUT2D eigenvalue weighted by molar-refractivity contribution is -0.122. The van der Waals surface area contributed by atoms with Crippen LogP contribution >= 0.6 is 0 Å². The second kappa shape index (κ2) is 5.36. The second-order valence-corrected chi connectivity index (χ2v) is 3.21. The Morgan fingerprint density at radius 3 is 2.93 bits per heavy atom. The van der Waals surface area contributed by atoms with Crippen LogP contribution in [0.25, 0.3) is 0 Å². The van der Waals surface area contributed by atoms with Crippen LogP contribution in [0.5, 0.6) is 5.75 Å². The normalized spacial score (nSPS) is 11.9. The van der Waals surface area contributed by atoms with E-state index in [4.69, 9.17) is 4.74 Å². The average Bonchev–Trinajstić information content (AvgIpc) is 2.26. The van der Waals surface area contributed by atoms with Gasteiger partial charge in [0.05, 0.1) is 6.10 Å². The molecule has 0 aliphatic carbocycles. The molecule has 1 amide bonds. The van der Waals surface area contributed by atoms with Gasteiger partial charge in [0, 0.05) is 7.05 Å². The lowest BCUT2D eigenvalue weighted by Crippen LogP contribution is -2.24. The van der Waals surface area contributed by atoms with Crippen LogP contribution < -0.4 is 10.1 Å². The number of nitrogens with one attached hydrogen (secondary N) is 1. The van der Waals surface area contributed by atoms with Crippen LogP contribution in [0, 0.1) is 0 Å². The monoisotopic (exact) mass is 209 g/mol. The maximum atomic E-state index is 10.9. The van der Waals surface area contributed by atoms with Crippen molar-refractivity contribution in [1.29, 1.82) is 0 Å². The first-order valence-electron chi connectivity index (χ1n) is 4.75. The average molecular weight is 209 g/mol. The number of carbonyl (C=O) groups excluding carboxylic acids is 1. The third kappa shape index (κ3) is 3.59. The van der Waals surface area contributed by atoms with E-state index in [-0.39, 0.29) is 12.5 Å². The predicted molar refractivity (Wildman–Crippen MR) is 56.6 cm³/mol. The first-order chi connectivity index (χ1) is 7.13. The minimum atomic E-state index is -0.534. The lowest BCUT2D eigenvalue weighted by atomic mass is 10.1. The fourth-order valence-electron chi connectivity index (χ4n) is 1.09. The number of hydrogen-bond acceptors (Lipinski definition) is 3. The SMILES string of the molecule is CNC(=O)COc1cccc([C@@H](C)O)c1. The van der Waals surface area contributed by atoms with E-state index >= 15 is 0 Å². The summed E-state index contributed by atoms with van der Waals surface area (Å²) in [6.45, 7) is 1.66. The van der Waals surface area contributed by atoms with Crippen LogP contribution in [0.15, 0.2) is 24.3 Å². The summed E-state index contributed by atoms with van der Waals surface area (Å²) in [5.41, 5.74) is 0.768. The predicted octanol–water partition coefficient (Wildman–Crippen LogP) is 0.865. The molecule has 4 nitrogen and oxygen atoms in total. The van der Waals surface area contributed by atoms with E-state index in [1.54, 1.807) is 38.2 Å². The van der Waals surface area contributed by atoms with Gasteiger partial charge in [-0.15, -0.1) is 0 Å². The summed E-state index contributed by atoms with van der Waals surface area (Å²) in [6, 6.07) is 7.04. The number of likely N-dealkylation sites (N-methyl/N-ethyl adjacent to an activating group) is 1. The van der Waals surface area contributed by atoms with Crippen molar-refractivity contribution in [3.05, 3.63) is 29.8 Å². The van der Waals surface area contributed by atoms with Crippen molar-refractivity contribution in [2.24, 2.45) is 0 Å². The molecule has 0 heterocycles. The number of hydrogen-bond donors (Lipinski definition) is 2. The van der Waals surface area contributed by atoms with Gasteiger partial charge in [0.1, 0.15) is 5.75 Å². The number of amides is 1. The summed E-state index contributed by atoms with van der Waals surface area (Å²) in [4.78, 5) is 10.9. The molecule has 0 fully saturated rings. The number of rotatable bonds is 4. The summed E-state index contributed by atoms with van der Waals surface area (Å²) in [6.07, 6.45) is -0.534. The number of aliphatic hydroxyl groups is 1. The van der Waals surface area contributed by atoms with E-state index in [1.165, 1.54) is 0 Å². The van der Waals surface area contributed by atoms with Crippen molar-refractivity contribution in [3.8, 4) is 5.75 Å². The van der Waals surface area contributed by atoms with Crippen LogP contribution in [-0.4, -0.2) is 24.7 Å². The molecule has 1 aromatic rings. The minimum Gasteiger partial charge on any atom is -0.484 e. The summed E-state index contributed by atoms with van der Waals surface area (Å²) < 4.78 is 5.23. The molecule has 1 rings (SSSR count). The van der Waals surface area contributed by atoms with Gasteiger partial charge < -0.3 is 15.2 Å². The fraction of sp³-hybridized carbons (Fsp3) is 0.364. The smallest absolute Gasteiger partial charge is 0.257 e. The van der Waals surface area contributed by atoms with E-state index in [0.29, 0.717) is 5.75 Å². The maximum Gasteiger partial charge on any atom is 0.257 e. The molecule has 2 N–H and O–H groups in total. The summed E-state index contributed by atoms with van der Waals surface area (Å²) in [5, 5.41) is 11.8. The first-order valence-corrected chi connectivity index (χ1v) is 4.75. The quantitative estimate of drug-likeness (QED) is 0.773. The Balaban J connectivity index is 2.61. The lowest BCUT2D eigenvalue weighted by Gasteiger charge is -2.08. The van der Waals surface area contributed by atoms with Gasteiger partial charge >= 0.3 is 0 Å². The number of ether oxygens (including phenoxy) is 1. The molecule has 82 valence electrons. The van der Waals surface area contributed by atoms with Gasteiger partial charge in [-0.2, -0.15) is 0 Å². The first kappa shape index (κ1) is 11.5. The van der Waals surface area contributed by atoms with E-state index in [0.717, 1.165) is 5.56 Å². The zero-order valence-electron chi connectivity index (χ0n) is 8.86. The van der Waals surface area contributed by atoms with Crippen LogP contribution in [-0.2, 0) is 4.79 Å². The molecule has 0 aliphatic heterocycles. The Morgan fingerprint density at radius 1 is 1.60 bits per heavy atom. The van der Waals surface area contributed by atoms with E-state index < -0.39 is 6.10 Å². The Hall–Kier alpha value is -1.55. The van der Waals surface area contributed by atoms with Crippen LogP contribution in [0.3, 0.4) is 0 Å². The molecule has 0 saturated heterocycles. The summed E-state index contributed by atoms with van der Waals surface area (Å²) >= 11 is 0. The third-order valence-electron chi connectivity index (χ3n) is 1.99. The molecule has 1 atom stereocenters. The number of aliphatic hydroxyl groups excluding tert-OH is 1.